The second kappa shape index (κ2) is 10.6. The molecule has 0 saturated carbocycles. The van der Waals surface area contributed by atoms with Gasteiger partial charge in [0, 0.05) is 13.1 Å². The fraction of sp³-hybridized carbons (Fsp3) is 0.391. The summed E-state index contributed by atoms with van der Waals surface area (Å²) in [4.78, 5) is 26.4. The summed E-state index contributed by atoms with van der Waals surface area (Å²) in [6.07, 6.45) is 0.0924. The first kappa shape index (κ1) is 22.4. The summed E-state index contributed by atoms with van der Waals surface area (Å²) < 4.78 is 5.20. The Morgan fingerprint density at radius 1 is 1.00 bits per heavy atom. The normalized spacial score (nSPS) is 11.0. The molecule has 2 aromatic carbocycles. The maximum atomic E-state index is 12.8. The molecule has 0 spiro atoms. The molecule has 0 unspecified atom stereocenters. The fourth-order valence-corrected chi connectivity index (χ4v) is 2.82. The van der Waals surface area contributed by atoms with Crippen LogP contribution in [-0.4, -0.2) is 40.7 Å². The number of carbonyl (C=O) groups excluding carboxylic acids is 2. The van der Waals surface area contributed by atoms with E-state index in [0.29, 0.717) is 19.5 Å². The van der Waals surface area contributed by atoms with Crippen molar-refractivity contribution in [2.24, 2.45) is 0 Å². The summed E-state index contributed by atoms with van der Waals surface area (Å²) in [6.45, 7) is 6.05. The zero-order valence-corrected chi connectivity index (χ0v) is 17.4. The monoisotopic (exact) mass is 398 g/mol. The van der Waals surface area contributed by atoms with Gasteiger partial charge in [0.05, 0.1) is 6.61 Å². The van der Waals surface area contributed by atoms with E-state index in [4.69, 9.17) is 4.74 Å². The van der Waals surface area contributed by atoms with Crippen molar-refractivity contribution in [1.29, 1.82) is 0 Å². The van der Waals surface area contributed by atoms with Crippen molar-refractivity contribution >= 4 is 12.0 Å². The Kier molecular flexibility index (Phi) is 8.21. The number of carbonyl (C=O) groups is 2. The zero-order chi connectivity index (χ0) is 21.3. The number of benzene rings is 2. The SMILES string of the molecule is CC(C)(C)OC(=O)NCC(=O)N(CCc1ccccc1)Cc1cccc(CO)c1. The number of amides is 2. The third-order valence-electron chi connectivity index (χ3n) is 4.20. The van der Waals surface area contributed by atoms with Gasteiger partial charge in [0.15, 0.2) is 0 Å². The highest BCUT2D eigenvalue weighted by Crippen LogP contribution is 2.11. The van der Waals surface area contributed by atoms with E-state index in [1.54, 1.807) is 25.7 Å². The Balaban J connectivity index is 2.03. The molecule has 0 aliphatic carbocycles. The second-order valence-corrected chi connectivity index (χ2v) is 7.88. The van der Waals surface area contributed by atoms with Crippen LogP contribution >= 0.6 is 0 Å². The van der Waals surface area contributed by atoms with Crippen LogP contribution in [0.2, 0.25) is 0 Å². The first-order chi connectivity index (χ1) is 13.8. The summed E-state index contributed by atoms with van der Waals surface area (Å²) in [6, 6.07) is 17.4. The van der Waals surface area contributed by atoms with Crippen molar-refractivity contribution < 1.29 is 19.4 Å². The average Bonchev–Trinajstić information content (AvgIpc) is 2.69. The maximum absolute atomic E-state index is 12.8. The number of aliphatic hydroxyl groups is 1. The van der Waals surface area contributed by atoms with Crippen LogP contribution in [0.25, 0.3) is 0 Å². The molecule has 0 fully saturated rings. The molecule has 2 aromatic rings. The molecule has 0 aliphatic heterocycles. The number of ether oxygens (including phenoxy) is 1. The van der Waals surface area contributed by atoms with Crippen LogP contribution < -0.4 is 5.32 Å². The molecule has 0 aliphatic rings. The molecule has 0 heterocycles. The molecule has 29 heavy (non-hydrogen) atoms. The van der Waals surface area contributed by atoms with Crippen LogP contribution in [-0.2, 0) is 29.1 Å². The summed E-state index contributed by atoms with van der Waals surface area (Å²) in [5, 5.41) is 11.9. The van der Waals surface area contributed by atoms with E-state index in [0.717, 1.165) is 16.7 Å². The van der Waals surface area contributed by atoms with Gasteiger partial charge in [0.1, 0.15) is 12.1 Å². The van der Waals surface area contributed by atoms with Gasteiger partial charge < -0.3 is 20.1 Å². The number of nitrogens with zero attached hydrogens (tertiary/aromatic N) is 1. The molecule has 2 amide bonds. The highest BCUT2D eigenvalue weighted by atomic mass is 16.6. The summed E-state index contributed by atoms with van der Waals surface area (Å²) in [5.41, 5.74) is 2.24. The number of rotatable bonds is 8. The summed E-state index contributed by atoms with van der Waals surface area (Å²) in [5.74, 6) is -0.193. The third kappa shape index (κ3) is 8.35. The lowest BCUT2D eigenvalue weighted by molar-refractivity contribution is -0.130. The number of nitrogens with one attached hydrogen (secondary N) is 1. The van der Waals surface area contributed by atoms with Crippen molar-refractivity contribution in [3.63, 3.8) is 0 Å². The second-order valence-electron chi connectivity index (χ2n) is 7.88. The van der Waals surface area contributed by atoms with Crippen molar-refractivity contribution in [3.05, 3.63) is 71.3 Å². The first-order valence-electron chi connectivity index (χ1n) is 9.74. The van der Waals surface area contributed by atoms with Gasteiger partial charge in [-0.1, -0.05) is 54.6 Å². The number of hydrogen-bond acceptors (Lipinski definition) is 4. The molecule has 6 nitrogen and oxygen atoms in total. The van der Waals surface area contributed by atoms with Crippen LogP contribution in [0.4, 0.5) is 4.79 Å². The fourth-order valence-electron chi connectivity index (χ4n) is 2.82. The van der Waals surface area contributed by atoms with E-state index in [9.17, 15) is 14.7 Å². The van der Waals surface area contributed by atoms with Crippen LogP contribution in [0, 0.1) is 0 Å². The highest BCUT2D eigenvalue weighted by molar-refractivity contribution is 5.82. The van der Waals surface area contributed by atoms with E-state index in [1.807, 2.05) is 54.6 Å². The van der Waals surface area contributed by atoms with Crippen molar-refractivity contribution in [2.45, 2.75) is 45.9 Å². The van der Waals surface area contributed by atoms with Crippen LogP contribution in [0.1, 0.15) is 37.5 Å². The maximum Gasteiger partial charge on any atom is 0.408 e. The Morgan fingerprint density at radius 2 is 1.66 bits per heavy atom. The van der Waals surface area contributed by atoms with E-state index < -0.39 is 11.7 Å². The molecular weight excluding hydrogens is 368 g/mol. The van der Waals surface area contributed by atoms with E-state index >= 15 is 0 Å². The van der Waals surface area contributed by atoms with Gasteiger partial charge >= 0.3 is 6.09 Å². The molecule has 2 N–H and O–H groups in total. The topological polar surface area (TPSA) is 78.9 Å². The van der Waals surface area contributed by atoms with Gasteiger partial charge in [-0.15, -0.1) is 0 Å². The lowest BCUT2D eigenvalue weighted by Crippen LogP contribution is -2.42. The lowest BCUT2D eigenvalue weighted by atomic mass is 10.1. The molecule has 0 bridgehead atoms. The predicted octanol–water partition coefficient (Wildman–Crippen LogP) is 3.27. The molecule has 0 radical (unpaired) electrons. The minimum atomic E-state index is -0.620. The van der Waals surface area contributed by atoms with E-state index in [-0.39, 0.29) is 19.1 Å². The highest BCUT2D eigenvalue weighted by Gasteiger charge is 2.19. The number of aliphatic hydroxyl groups excluding tert-OH is 1. The molecule has 0 aromatic heterocycles. The number of hydrogen-bond donors (Lipinski definition) is 2. The summed E-state index contributed by atoms with van der Waals surface area (Å²) in [7, 11) is 0. The van der Waals surface area contributed by atoms with Crippen molar-refractivity contribution in [3.8, 4) is 0 Å². The molecule has 0 atom stereocenters. The Bertz CT molecular complexity index is 800. The Morgan fingerprint density at radius 3 is 2.31 bits per heavy atom. The van der Waals surface area contributed by atoms with Gasteiger partial charge in [-0.2, -0.15) is 0 Å². The van der Waals surface area contributed by atoms with Gasteiger partial charge in [-0.3, -0.25) is 4.79 Å². The first-order valence-corrected chi connectivity index (χ1v) is 9.74. The van der Waals surface area contributed by atoms with E-state index in [2.05, 4.69) is 5.32 Å². The number of alkyl carbamates (subject to hydrolysis) is 1. The van der Waals surface area contributed by atoms with Crippen LogP contribution in [0.15, 0.2) is 54.6 Å². The standard InChI is InChI=1S/C23H30N2O4/c1-23(2,3)29-22(28)24-15-21(27)25(13-12-18-8-5-4-6-9-18)16-19-10-7-11-20(14-19)17-26/h4-11,14,26H,12-13,15-17H2,1-3H3,(H,24,28). The van der Waals surface area contributed by atoms with Gasteiger partial charge in [-0.25, -0.2) is 4.79 Å². The van der Waals surface area contributed by atoms with Gasteiger partial charge in [0.2, 0.25) is 5.91 Å². The molecule has 2 rings (SSSR count). The van der Waals surface area contributed by atoms with Crippen LogP contribution in [0.3, 0.4) is 0 Å². The minimum Gasteiger partial charge on any atom is -0.444 e. The largest absolute Gasteiger partial charge is 0.444 e. The van der Waals surface area contributed by atoms with Gasteiger partial charge in [-0.05, 0) is 43.9 Å². The minimum absolute atomic E-state index is 0.0496. The lowest BCUT2D eigenvalue weighted by Gasteiger charge is -2.24. The average molecular weight is 399 g/mol. The van der Waals surface area contributed by atoms with E-state index in [1.165, 1.54) is 0 Å². The molecule has 156 valence electrons. The smallest absolute Gasteiger partial charge is 0.408 e. The van der Waals surface area contributed by atoms with Crippen LogP contribution in [0.5, 0.6) is 0 Å². The Hall–Kier alpha value is -2.86. The zero-order valence-electron chi connectivity index (χ0n) is 17.4. The Labute approximate surface area is 172 Å². The van der Waals surface area contributed by atoms with Crippen molar-refractivity contribution in [2.75, 3.05) is 13.1 Å². The van der Waals surface area contributed by atoms with Gasteiger partial charge in [0.25, 0.3) is 0 Å². The third-order valence-corrected chi connectivity index (χ3v) is 4.20. The predicted molar refractivity (Wildman–Crippen MR) is 112 cm³/mol. The summed E-state index contributed by atoms with van der Waals surface area (Å²) >= 11 is 0. The quantitative estimate of drug-likeness (QED) is 0.715. The van der Waals surface area contributed by atoms with Crippen molar-refractivity contribution in [1.82, 2.24) is 10.2 Å². The molecular formula is C23H30N2O4. The molecule has 6 heteroatoms. The molecule has 0 saturated heterocycles.